The van der Waals surface area contributed by atoms with Gasteiger partial charge >= 0.3 is 6.03 Å². The highest BCUT2D eigenvalue weighted by atomic mass is 79.9. The summed E-state index contributed by atoms with van der Waals surface area (Å²) in [6, 6.07) is 10.1. The molecule has 0 saturated carbocycles. The minimum Gasteiger partial charge on any atom is -0.504 e. The van der Waals surface area contributed by atoms with Crippen molar-refractivity contribution in [3.05, 3.63) is 52.0 Å². The van der Waals surface area contributed by atoms with Gasteiger partial charge in [-0.2, -0.15) is 5.10 Å². The van der Waals surface area contributed by atoms with Crippen LogP contribution in [0.4, 0.5) is 10.5 Å². The summed E-state index contributed by atoms with van der Waals surface area (Å²) in [5, 5.41) is 16.2. The van der Waals surface area contributed by atoms with E-state index in [-0.39, 0.29) is 5.75 Å². The second kappa shape index (κ2) is 7.64. The number of halogens is 1. The van der Waals surface area contributed by atoms with Gasteiger partial charge in [0.05, 0.1) is 13.3 Å². The quantitative estimate of drug-likeness (QED) is 0.561. The largest absolute Gasteiger partial charge is 0.504 e. The van der Waals surface area contributed by atoms with Crippen LogP contribution in [0.2, 0.25) is 0 Å². The third-order valence-electron chi connectivity index (χ3n) is 3.06. The van der Waals surface area contributed by atoms with E-state index in [1.165, 1.54) is 19.4 Å². The molecule has 2 rings (SSSR count). The van der Waals surface area contributed by atoms with Crippen LogP contribution in [-0.4, -0.2) is 24.5 Å². The third-order valence-corrected chi connectivity index (χ3v) is 3.75. The average Bonchev–Trinajstić information content (AvgIpc) is 2.51. The van der Waals surface area contributed by atoms with Crippen molar-refractivity contribution in [2.75, 3.05) is 12.4 Å². The zero-order chi connectivity index (χ0) is 16.8. The van der Waals surface area contributed by atoms with Crippen LogP contribution in [0, 0.1) is 6.92 Å². The van der Waals surface area contributed by atoms with Gasteiger partial charge in [0.1, 0.15) is 0 Å². The predicted octanol–water partition coefficient (Wildman–Crippen LogP) is 3.63. The molecule has 6 nitrogen and oxygen atoms in total. The molecule has 23 heavy (non-hydrogen) atoms. The Morgan fingerprint density at radius 2 is 2.09 bits per heavy atom. The number of aromatic hydroxyl groups is 1. The number of carbonyl (C=O) groups excluding carboxylic acids is 1. The van der Waals surface area contributed by atoms with E-state index in [9.17, 15) is 9.90 Å². The molecule has 3 N–H and O–H groups in total. The number of rotatable bonds is 4. The van der Waals surface area contributed by atoms with E-state index in [4.69, 9.17) is 4.74 Å². The van der Waals surface area contributed by atoms with E-state index in [0.717, 1.165) is 5.56 Å². The fourth-order valence-electron chi connectivity index (χ4n) is 1.84. The van der Waals surface area contributed by atoms with E-state index < -0.39 is 6.03 Å². The minimum atomic E-state index is -0.447. The van der Waals surface area contributed by atoms with Gasteiger partial charge in [-0.3, -0.25) is 0 Å². The molecule has 7 heteroatoms. The SMILES string of the molecule is COc1cc(C=NNC(=O)Nc2ccccc2C)c(Br)cc1O. The first kappa shape index (κ1) is 16.8. The van der Waals surface area contributed by atoms with Crippen molar-refractivity contribution in [2.45, 2.75) is 6.92 Å². The van der Waals surface area contributed by atoms with Crippen LogP contribution in [-0.2, 0) is 0 Å². The van der Waals surface area contributed by atoms with E-state index in [2.05, 4.69) is 31.8 Å². The van der Waals surface area contributed by atoms with E-state index in [1.54, 1.807) is 12.1 Å². The number of anilines is 1. The lowest BCUT2D eigenvalue weighted by Crippen LogP contribution is -2.24. The van der Waals surface area contributed by atoms with Crippen molar-refractivity contribution >= 4 is 33.9 Å². The molecule has 0 bridgehead atoms. The number of phenolic OH excluding ortho intramolecular Hbond substituents is 1. The number of nitrogens with zero attached hydrogens (tertiary/aromatic N) is 1. The lowest BCUT2D eigenvalue weighted by Gasteiger charge is -2.07. The number of para-hydroxylation sites is 1. The van der Waals surface area contributed by atoms with E-state index in [1.807, 2.05) is 25.1 Å². The Balaban J connectivity index is 2.02. The highest BCUT2D eigenvalue weighted by Gasteiger charge is 2.07. The number of ether oxygens (including phenoxy) is 1. The summed E-state index contributed by atoms with van der Waals surface area (Å²) in [7, 11) is 1.46. The molecule has 0 unspecified atom stereocenters. The number of methoxy groups -OCH3 is 1. The number of carbonyl (C=O) groups is 1. The van der Waals surface area contributed by atoms with Gasteiger partial charge in [0.2, 0.25) is 0 Å². The summed E-state index contributed by atoms with van der Waals surface area (Å²) >= 11 is 3.31. The maximum absolute atomic E-state index is 11.8. The zero-order valence-corrected chi connectivity index (χ0v) is 14.2. The van der Waals surface area contributed by atoms with Gasteiger partial charge in [-0.1, -0.05) is 18.2 Å². The highest BCUT2D eigenvalue weighted by molar-refractivity contribution is 9.10. The van der Waals surface area contributed by atoms with E-state index >= 15 is 0 Å². The molecule has 2 aromatic carbocycles. The molecule has 0 aliphatic rings. The summed E-state index contributed by atoms with van der Waals surface area (Å²) < 4.78 is 5.65. The first-order valence-corrected chi connectivity index (χ1v) is 7.52. The molecule has 0 aliphatic carbocycles. The van der Waals surface area contributed by atoms with Crippen molar-refractivity contribution in [2.24, 2.45) is 5.10 Å². The molecule has 0 radical (unpaired) electrons. The lowest BCUT2D eigenvalue weighted by atomic mass is 10.2. The van der Waals surface area contributed by atoms with Gasteiger partial charge in [-0.25, -0.2) is 10.2 Å². The predicted molar refractivity (Wildman–Crippen MR) is 93.3 cm³/mol. The molecule has 2 aromatic rings. The monoisotopic (exact) mass is 377 g/mol. The fraction of sp³-hybridized carbons (Fsp3) is 0.125. The maximum Gasteiger partial charge on any atom is 0.339 e. The Morgan fingerprint density at radius 1 is 1.35 bits per heavy atom. The average molecular weight is 378 g/mol. The van der Waals surface area contributed by atoms with Gasteiger partial charge < -0.3 is 15.2 Å². The van der Waals surface area contributed by atoms with Crippen molar-refractivity contribution < 1.29 is 14.6 Å². The Labute approximate surface area is 142 Å². The van der Waals surface area contributed by atoms with Crippen LogP contribution in [0.3, 0.4) is 0 Å². The van der Waals surface area contributed by atoms with Crippen LogP contribution in [0.5, 0.6) is 11.5 Å². The molecular formula is C16H16BrN3O3. The number of amides is 2. The van der Waals surface area contributed by atoms with Crippen molar-refractivity contribution in [3.63, 3.8) is 0 Å². The number of hydrogen-bond donors (Lipinski definition) is 3. The Bertz CT molecular complexity index is 747. The normalized spacial score (nSPS) is 10.6. The Kier molecular flexibility index (Phi) is 5.59. The highest BCUT2D eigenvalue weighted by Crippen LogP contribution is 2.31. The van der Waals surface area contributed by atoms with Crippen LogP contribution in [0.1, 0.15) is 11.1 Å². The second-order valence-corrected chi connectivity index (χ2v) is 5.54. The number of urea groups is 1. The summed E-state index contributed by atoms with van der Waals surface area (Å²) in [6.07, 6.45) is 1.45. The second-order valence-electron chi connectivity index (χ2n) is 4.68. The summed E-state index contributed by atoms with van der Waals surface area (Å²) in [5.41, 5.74) is 4.70. The number of nitrogens with one attached hydrogen (secondary N) is 2. The molecular weight excluding hydrogens is 362 g/mol. The summed E-state index contributed by atoms with van der Waals surface area (Å²) in [5.74, 6) is 0.334. The lowest BCUT2D eigenvalue weighted by molar-refractivity contribution is 0.252. The maximum atomic E-state index is 11.8. The summed E-state index contributed by atoms with van der Waals surface area (Å²) in [6.45, 7) is 1.90. The van der Waals surface area contributed by atoms with Crippen molar-refractivity contribution in [1.29, 1.82) is 0 Å². The molecule has 0 atom stereocenters. The van der Waals surface area contributed by atoms with Crippen molar-refractivity contribution in [3.8, 4) is 11.5 Å². The molecule has 0 aliphatic heterocycles. The number of hydrogen-bond acceptors (Lipinski definition) is 4. The molecule has 0 aromatic heterocycles. The van der Waals surface area contributed by atoms with E-state index in [0.29, 0.717) is 21.5 Å². The first-order chi connectivity index (χ1) is 11.0. The first-order valence-electron chi connectivity index (χ1n) is 6.73. The zero-order valence-electron chi connectivity index (χ0n) is 12.6. The smallest absolute Gasteiger partial charge is 0.339 e. The Morgan fingerprint density at radius 3 is 2.78 bits per heavy atom. The number of aryl methyl sites for hydroxylation is 1. The molecule has 0 spiro atoms. The molecule has 0 fully saturated rings. The van der Waals surface area contributed by atoms with Crippen molar-refractivity contribution in [1.82, 2.24) is 5.43 Å². The standard InChI is InChI=1S/C16H16BrN3O3/c1-10-5-3-4-6-13(10)19-16(22)20-18-9-11-7-15(23-2)14(21)8-12(11)17/h3-9,21H,1-2H3,(H2,19,20,22). The van der Waals surface area contributed by atoms with Gasteiger partial charge in [0.25, 0.3) is 0 Å². The van der Waals surface area contributed by atoms with Gasteiger partial charge in [0.15, 0.2) is 11.5 Å². The van der Waals surface area contributed by atoms with Gasteiger partial charge in [0, 0.05) is 15.7 Å². The number of benzene rings is 2. The van der Waals surface area contributed by atoms with Gasteiger partial charge in [-0.15, -0.1) is 0 Å². The van der Waals surface area contributed by atoms with Crippen LogP contribution in [0.25, 0.3) is 0 Å². The topological polar surface area (TPSA) is 83.0 Å². The molecule has 120 valence electrons. The molecule has 0 saturated heterocycles. The van der Waals surface area contributed by atoms with Crippen LogP contribution >= 0.6 is 15.9 Å². The van der Waals surface area contributed by atoms with Crippen LogP contribution in [0.15, 0.2) is 46.0 Å². The van der Waals surface area contributed by atoms with Gasteiger partial charge in [-0.05, 0) is 46.6 Å². The minimum absolute atomic E-state index is 0.0155. The number of phenols is 1. The molecule has 0 heterocycles. The van der Waals surface area contributed by atoms with Crippen LogP contribution < -0.4 is 15.5 Å². The number of hydrazone groups is 1. The fourth-order valence-corrected chi connectivity index (χ4v) is 2.28. The third kappa shape index (κ3) is 4.46. The summed E-state index contributed by atoms with van der Waals surface area (Å²) in [4.78, 5) is 11.8. The molecule has 2 amide bonds. The Hall–Kier alpha value is -2.54.